The maximum atomic E-state index is 10.7. The number of pyridine rings is 2. The summed E-state index contributed by atoms with van der Waals surface area (Å²) in [6.45, 7) is 0. The third-order valence-corrected chi connectivity index (χ3v) is 2.09. The molecule has 0 spiro atoms. The Balaban J connectivity index is 2.33. The van der Waals surface area contributed by atoms with Gasteiger partial charge >= 0.3 is 5.69 Å². The van der Waals surface area contributed by atoms with Gasteiger partial charge in [-0.1, -0.05) is 11.6 Å². The summed E-state index contributed by atoms with van der Waals surface area (Å²) in [6, 6.07) is 4.26. The smallest absolute Gasteiger partial charge is 0.314 e. The summed E-state index contributed by atoms with van der Waals surface area (Å²) in [4.78, 5) is 17.7. The fourth-order valence-corrected chi connectivity index (χ4v) is 1.34. The van der Waals surface area contributed by atoms with Gasteiger partial charge < -0.3 is 4.74 Å². The molecule has 0 fully saturated rings. The number of nitro groups is 1. The van der Waals surface area contributed by atoms with Crippen LogP contribution < -0.4 is 4.74 Å². The highest BCUT2D eigenvalue weighted by molar-refractivity contribution is 6.29. The van der Waals surface area contributed by atoms with Gasteiger partial charge in [-0.2, -0.15) is 0 Å². The number of halogens is 1. The zero-order valence-electron chi connectivity index (χ0n) is 8.41. The number of hydrogen-bond acceptors (Lipinski definition) is 5. The molecule has 86 valence electrons. The van der Waals surface area contributed by atoms with E-state index in [2.05, 4.69) is 9.97 Å². The van der Waals surface area contributed by atoms with Crippen LogP contribution in [-0.4, -0.2) is 14.9 Å². The average Bonchev–Trinajstić information content (AvgIpc) is 2.29. The molecule has 0 aliphatic rings. The topological polar surface area (TPSA) is 78.2 Å². The molecule has 6 nitrogen and oxygen atoms in total. The third-order valence-electron chi connectivity index (χ3n) is 1.89. The molecule has 7 heteroatoms. The Morgan fingerprint density at radius 1 is 1.35 bits per heavy atom. The van der Waals surface area contributed by atoms with E-state index in [1.165, 1.54) is 30.7 Å². The van der Waals surface area contributed by atoms with E-state index in [4.69, 9.17) is 16.3 Å². The fraction of sp³-hybridized carbons (Fsp3) is 0. The zero-order valence-corrected chi connectivity index (χ0v) is 9.16. The first-order valence-corrected chi connectivity index (χ1v) is 4.92. The molecular weight excluding hydrogens is 246 g/mol. The number of hydrogen-bond donors (Lipinski definition) is 0. The quantitative estimate of drug-likeness (QED) is 0.476. The summed E-state index contributed by atoms with van der Waals surface area (Å²) in [5.74, 6) is 0.417. The standard InChI is InChI=1S/C10H6ClN3O3/c11-10-5-7(1-4-13-10)17-9-6-12-3-2-8(9)14(15)16/h1-6H. The normalized spacial score (nSPS) is 9.94. The summed E-state index contributed by atoms with van der Waals surface area (Å²) >= 11 is 5.67. The Morgan fingerprint density at radius 2 is 2.18 bits per heavy atom. The first-order valence-electron chi connectivity index (χ1n) is 4.54. The molecular formula is C10H6ClN3O3. The Kier molecular flexibility index (Phi) is 3.15. The van der Waals surface area contributed by atoms with Crippen LogP contribution in [0.4, 0.5) is 5.69 Å². The number of ether oxygens (including phenoxy) is 1. The molecule has 0 atom stereocenters. The molecule has 2 rings (SSSR count). The van der Waals surface area contributed by atoms with Gasteiger partial charge in [0.05, 0.1) is 11.1 Å². The molecule has 2 aromatic heterocycles. The summed E-state index contributed by atoms with van der Waals surface area (Å²) in [5.41, 5.74) is -0.159. The van der Waals surface area contributed by atoms with Gasteiger partial charge in [0, 0.05) is 24.5 Å². The average molecular weight is 252 g/mol. The second kappa shape index (κ2) is 4.75. The lowest BCUT2D eigenvalue weighted by Gasteiger charge is -2.05. The summed E-state index contributed by atoms with van der Waals surface area (Å²) in [6.07, 6.45) is 4.04. The lowest BCUT2D eigenvalue weighted by atomic mass is 10.4. The van der Waals surface area contributed by atoms with Gasteiger partial charge in [-0.3, -0.25) is 15.1 Å². The molecule has 0 saturated carbocycles. The van der Waals surface area contributed by atoms with Gasteiger partial charge in [0.2, 0.25) is 5.75 Å². The van der Waals surface area contributed by atoms with Gasteiger partial charge in [0.25, 0.3) is 0 Å². The van der Waals surface area contributed by atoms with Gasteiger partial charge in [-0.15, -0.1) is 0 Å². The molecule has 0 unspecified atom stereocenters. The van der Waals surface area contributed by atoms with Crippen LogP contribution in [-0.2, 0) is 0 Å². The predicted molar refractivity (Wildman–Crippen MR) is 60.2 cm³/mol. The van der Waals surface area contributed by atoms with Crippen molar-refractivity contribution in [3.8, 4) is 11.5 Å². The van der Waals surface area contributed by atoms with Gasteiger partial charge in [-0.05, 0) is 6.07 Å². The van der Waals surface area contributed by atoms with Crippen molar-refractivity contribution in [2.24, 2.45) is 0 Å². The number of aromatic nitrogens is 2. The second-order valence-electron chi connectivity index (χ2n) is 3.02. The van der Waals surface area contributed by atoms with Crippen molar-refractivity contribution < 1.29 is 9.66 Å². The van der Waals surface area contributed by atoms with Crippen molar-refractivity contribution in [1.29, 1.82) is 0 Å². The minimum Gasteiger partial charge on any atom is -0.448 e. The van der Waals surface area contributed by atoms with Crippen LogP contribution in [0.3, 0.4) is 0 Å². The molecule has 2 heterocycles. The van der Waals surface area contributed by atoms with Crippen LogP contribution in [0.1, 0.15) is 0 Å². The van der Waals surface area contributed by atoms with Crippen molar-refractivity contribution in [2.75, 3.05) is 0 Å². The Morgan fingerprint density at radius 3 is 2.88 bits per heavy atom. The fourth-order valence-electron chi connectivity index (χ4n) is 1.18. The second-order valence-corrected chi connectivity index (χ2v) is 3.40. The molecule has 17 heavy (non-hydrogen) atoms. The van der Waals surface area contributed by atoms with Crippen molar-refractivity contribution in [3.63, 3.8) is 0 Å². The Hall–Kier alpha value is -2.21. The third kappa shape index (κ3) is 2.67. The van der Waals surface area contributed by atoms with E-state index in [9.17, 15) is 10.1 Å². The zero-order chi connectivity index (χ0) is 12.3. The molecule has 0 bridgehead atoms. The molecule has 0 radical (unpaired) electrons. The maximum Gasteiger partial charge on any atom is 0.314 e. The number of nitrogens with zero attached hydrogens (tertiary/aromatic N) is 3. The molecule has 0 amide bonds. The van der Waals surface area contributed by atoms with Crippen LogP contribution in [0.2, 0.25) is 5.15 Å². The lowest BCUT2D eigenvalue weighted by molar-refractivity contribution is -0.385. The molecule has 0 aliphatic carbocycles. The Bertz CT molecular complexity index is 562. The van der Waals surface area contributed by atoms with Gasteiger partial charge in [0.15, 0.2) is 0 Å². The van der Waals surface area contributed by atoms with Crippen molar-refractivity contribution in [2.45, 2.75) is 0 Å². The molecule has 2 aromatic rings. The van der Waals surface area contributed by atoms with E-state index in [1.54, 1.807) is 6.07 Å². The highest BCUT2D eigenvalue weighted by Gasteiger charge is 2.15. The molecule has 0 saturated heterocycles. The Labute approximate surface area is 101 Å². The van der Waals surface area contributed by atoms with Crippen LogP contribution in [0.15, 0.2) is 36.8 Å². The van der Waals surface area contributed by atoms with Gasteiger partial charge in [0.1, 0.15) is 10.9 Å². The monoisotopic (exact) mass is 251 g/mol. The van der Waals surface area contributed by atoms with Crippen LogP contribution in [0.5, 0.6) is 11.5 Å². The van der Waals surface area contributed by atoms with E-state index in [1.807, 2.05) is 0 Å². The highest BCUT2D eigenvalue weighted by atomic mass is 35.5. The minimum absolute atomic E-state index is 0.0553. The van der Waals surface area contributed by atoms with E-state index in [0.717, 1.165) is 0 Å². The maximum absolute atomic E-state index is 10.7. The summed E-state index contributed by atoms with van der Waals surface area (Å²) in [5, 5.41) is 11.0. The largest absolute Gasteiger partial charge is 0.448 e. The molecule has 0 aliphatic heterocycles. The summed E-state index contributed by atoms with van der Waals surface area (Å²) in [7, 11) is 0. The van der Waals surface area contributed by atoms with Crippen molar-refractivity contribution >= 4 is 17.3 Å². The van der Waals surface area contributed by atoms with E-state index in [-0.39, 0.29) is 16.6 Å². The summed E-state index contributed by atoms with van der Waals surface area (Å²) < 4.78 is 5.32. The van der Waals surface area contributed by atoms with Crippen molar-refractivity contribution in [3.05, 3.63) is 52.1 Å². The first kappa shape index (κ1) is 11.3. The first-order chi connectivity index (χ1) is 8.16. The number of rotatable bonds is 3. The van der Waals surface area contributed by atoms with Crippen LogP contribution >= 0.6 is 11.6 Å². The van der Waals surface area contributed by atoms with Crippen LogP contribution in [0, 0.1) is 10.1 Å². The van der Waals surface area contributed by atoms with E-state index >= 15 is 0 Å². The minimum atomic E-state index is -0.542. The van der Waals surface area contributed by atoms with E-state index < -0.39 is 4.92 Å². The SMILES string of the molecule is O=[N+]([O-])c1ccncc1Oc1ccnc(Cl)c1. The molecule has 0 N–H and O–H groups in total. The lowest BCUT2D eigenvalue weighted by Crippen LogP contribution is -1.94. The predicted octanol–water partition coefficient (Wildman–Crippen LogP) is 2.83. The highest BCUT2D eigenvalue weighted by Crippen LogP contribution is 2.30. The van der Waals surface area contributed by atoms with Crippen LogP contribution in [0.25, 0.3) is 0 Å². The van der Waals surface area contributed by atoms with Crippen molar-refractivity contribution in [1.82, 2.24) is 9.97 Å². The van der Waals surface area contributed by atoms with Gasteiger partial charge in [-0.25, -0.2) is 4.98 Å². The van der Waals surface area contributed by atoms with E-state index in [0.29, 0.717) is 5.75 Å². The molecule has 0 aromatic carbocycles.